The number of rotatable bonds is 4. The standard InChI is InChI=1S/C14H20N4OS/c1-17-7-11(6-15-17)14-16-12(10-20-14)8-18-5-3-2-4-13(18)9-19/h6-7,10,13,19H,2-5,8-9H2,1H3. The van der Waals surface area contributed by atoms with Crippen molar-refractivity contribution in [2.75, 3.05) is 13.2 Å². The number of thiazole rings is 1. The van der Waals surface area contributed by atoms with Crippen LogP contribution in [0, 0.1) is 0 Å². The van der Waals surface area contributed by atoms with Crippen LogP contribution in [0.1, 0.15) is 25.0 Å². The molecule has 0 aliphatic carbocycles. The second kappa shape index (κ2) is 6.03. The Labute approximate surface area is 122 Å². The van der Waals surface area contributed by atoms with Gasteiger partial charge in [-0.15, -0.1) is 11.3 Å². The van der Waals surface area contributed by atoms with E-state index < -0.39 is 0 Å². The number of aliphatic hydroxyl groups excluding tert-OH is 1. The summed E-state index contributed by atoms with van der Waals surface area (Å²) in [5.41, 5.74) is 2.16. The van der Waals surface area contributed by atoms with Gasteiger partial charge in [0.1, 0.15) is 5.01 Å². The molecule has 2 aromatic heterocycles. The zero-order valence-corrected chi connectivity index (χ0v) is 12.5. The SMILES string of the molecule is Cn1cc(-c2nc(CN3CCCCC3CO)cs2)cn1. The van der Waals surface area contributed by atoms with Crippen molar-refractivity contribution in [1.29, 1.82) is 0 Å². The summed E-state index contributed by atoms with van der Waals surface area (Å²) in [6.07, 6.45) is 7.37. The Bertz CT molecular complexity index is 565. The molecule has 0 saturated carbocycles. The summed E-state index contributed by atoms with van der Waals surface area (Å²) in [7, 11) is 1.91. The van der Waals surface area contributed by atoms with Gasteiger partial charge < -0.3 is 5.11 Å². The van der Waals surface area contributed by atoms with E-state index in [9.17, 15) is 5.11 Å². The highest BCUT2D eigenvalue weighted by molar-refractivity contribution is 7.13. The van der Waals surface area contributed by atoms with Crippen molar-refractivity contribution in [1.82, 2.24) is 19.7 Å². The normalized spacial score (nSPS) is 20.4. The first-order valence-electron chi connectivity index (χ1n) is 7.04. The molecule has 3 rings (SSSR count). The Kier molecular flexibility index (Phi) is 4.14. The highest BCUT2D eigenvalue weighted by atomic mass is 32.1. The van der Waals surface area contributed by atoms with Crippen LogP contribution >= 0.6 is 11.3 Å². The first-order chi connectivity index (χ1) is 9.76. The van der Waals surface area contributed by atoms with Crippen molar-refractivity contribution in [2.45, 2.75) is 31.8 Å². The van der Waals surface area contributed by atoms with Crippen LogP contribution < -0.4 is 0 Å². The molecule has 0 radical (unpaired) electrons. The average Bonchev–Trinajstić information content (AvgIpc) is 3.08. The van der Waals surface area contributed by atoms with Gasteiger partial charge in [-0.1, -0.05) is 6.42 Å². The lowest BCUT2D eigenvalue weighted by molar-refractivity contribution is 0.0832. The van der Waals surface area contributed by atoms with Crippen LogP contribution in [-0.4, -0.2) is 44.0 Å². The summed E-state index contributed by atoms with van der Waals surface area (Å²) < 4.78 is 1.79. The molecule has 108 valence electrons. The molecule has 1 fully saturated rings. The summed E-state index contributed by atoms with van der Waals surface area (Å²) >= 11 is 1.66. The molecule has 20 heavy (non-hydrogen) atoms. The first kappa shape index (κ1) is 13.7. The molecular formula is C14H20N4OS. The molecule has 1 aliphatic heterocycles. The van der Waals surface area contributed by atoms with Gasteiger partial charge in [0.05, 0.1) is 18.5 Å². The highest BCUT2D eigenvalue weighted by Crippen LogP contribution is 2.25. The summed E-state index contributed by atoms with van der Waals surface area (Å²) in [5, 5.41) is 16.8. The van der Waals surface area contributed by atoms with E-state index in [-0.39, 0.29) is 6.61 Å². The summed E-state index contributed by atoms with van der Waals surface area (Å²) in [5.74, 6) is 0. The van der Waals surface area contributed by atoms with Crippen LogP contribution in [0.5, 0.6) is 0 Å². The number of nitrogens with zero attached hydrogens (tertiary/aromatic N) is 4. The van der Waals surface area contributed by atoms with Gasteiger partial charge in [-0.05, 0) is 19.4 Å². The Hall–Kier alpha value is -1.24. The Morgan fingerprint density at radius 2 is 2.35 bits per heavy atom. The predicted octanol–water partition coefficient (Wildman–Crippen LogP) is 1.89. The summed E-state index contributed by atoms with van der Waals surface area (Å²) in [6, 6.07) is 0.298. The van der Waals surface area contributed by atoms with E-state index in [2.05, 4.69) is 15.4 Å². The largest absolute Gasteiger partial charge is 0.395 e. The van der Waals surface area contributed by atoms with E-state index in [0.29, 0.717) is 6.04 Å². The van der Waals surface area contributed by atoms with Crippen molar-refractivity contribution >= 4 is 11.3 Å². The minimum Gasteiger partial charge on any atom is -0.395 e. The monoisotopic (exact) mass is 292 g/mol. The van der Waals surface area contributed by atoms with Crippen molar-refractivity contribution in [3.8, 4) is 10.6 Å². The van der Waals surface area contributed by atoms with E-state index in [1.165, 1.54) is 12.8 Å². The molecule has 2 aromatic rings. The molecule has 5 nitrogen and oxygen atoms in total. The van der Waals surface area contributed by atoms with Gasteiger partial charge in [-0.3, -0.25) is 9.58 Å². The average molecular weight is 292 g/mol. The lowest BCUT2D eigenvalue weighted by atomic mass is 10.0. The molecule has 0 spiro atoms. The second-order valence-electron chi connectivity index (χ2n) is 5.35. The smallest absolute Gasteiger partial charge is 0.126 e. The van der Waals surface area contributed by atoms with E-state index in [1.54, 1.807) is 16.0 Å². The quantitative estimate of drug-likeness (QED) is 0.935. The maximum absolute atomic E-state index is 9.45. The van der Waals surface area contributed by atoms with Gasteiger partial charge in [0.2, 0.25) is 0 Å². The van der Waals surface area contributed by atoms with E-state index in [1.807, 2.05) is 19.4 Å². The Balaban J connectivity index is 1.70. The van der Waals surface area contributed by atoms with Crippen molar-refractivity contribution in [3.05, 3.63) is 23.5 Å². The molecule has 1 saturated heterocycles. The molecule has 0 amide bonds. The number of aliphatic hydroxyl groups is 1. The van der Waals surface area contributed by atoms with Crippen LogP contribution in [0.2, 0.25) is 0 Å². The third-order valence-corrected chi connectivity index (χ3v) is 4.77. The second-order valence-corrected chi connectivity index (χ2v) is 6.21. The van der Waals surface area contributed by atoms with E-state index in [4.69, 9.17) is 4.98 Å². The van der Waals surface area contributed by atoms with E-state index in [0.717, 1.165) is 35.8 Å². The van der Waals surface area contributed by atoms with E-state index >= 15 is 0 Å². The summed E-state index contributed by atoms with van der Waals surface area (Å²) in [6.45, 7) is 2.15. The molecule has 1 N–H and O–H groups in total. The molecule has 1 aliphatic rings. The minimum absolute atomic E-state index is 0.250. The van der Waals surface area contributed by atoms with Gasteiger partial charge in [0, 0.05) is 36.8 Å². The third kappa shape index (κ3) is 2.92. The van der Waals surface area contributed by atoms with Crippen LogP contribution in [0.15, 0.2) is 17.8 Å². The minimum atomic E-state index is 0.250. The number of piperidine rings is 1. The molecule has 3 heterocycles. The molecule has 1 atom stereocenters. The van der Waals surface area contributed by atoms with Crippen LogP contribution in [0.25, 0.3) is 10.6 Å². The van der Waals surface area contributed by atoms with Gasteiger partial charge in [-0.25, -0.2) is 4.98 Å². The zero-order chi connectivity index (χ0) is 13.9. The predicted molar refractivity (Wildman–Crippen MR) is 79.5 cm³/mol. The fourth-order valence-electron chi connectivity index (χ4n) is 2.73. The topological polar surface area (TPSA) is 54.2 Å². The van der Waals surface area contributed by atoms with Gasteiger partial charge in [0.25, 0.3) is 0 Å². The van der Waals surface area contributed by atoms with Crippen LogP contribution in [0.3, 0.4) is 0 Å². The highest BCUT2D eigenvalue weighted by Gasteiger charge is 2.22. The zero-order valence-electron chi connectivity index (χ0n) is 11.7. The summed E-state index contributed by atoms with van der Waals surface area (Å²) in [4.78, 5) is 7.05. The first-order valence-corrected chi connectivity index (χ1v) is 7.92. The Morgan fingerprint density at radius 3 is 3.10 bits per heavy atom. The number of likely N-dealkylation sites (tertiary alicyclic amines) is 1. The van der Waals surface area contributed by atoms with Crippen LogP contribution in [-0.2, 0) is 13.6 Å². The maximum Gasteiger partial charge on any atom is 0.126 e. The van der Waals surface area contributed by atoms with Crippen molar-refractivity contribution < 1.29 is 5.11 Å². The van der Waals surface area contributed by atoms with Gasteiger partial charge in [-0.2, -0.15) is 5.10 Å². The van der Waals surface area contributed by atoms with Crippen LogP contribution in [0.4, 0.5) is 0 Å². The maximum atomic E-state index is 9.45. The molecule has 1 unspecified atom stereocenters. The number of aryl methyl sites for hydroxylation is 1. The number of hydrogen-bond donors (Lipinski definition) is 1. The Morgan fingerprint density at radius 1 is 1.45 bits per heavy atom. The lowest BCUT2D eigenvalue weighted by Gasteiger charge is -2.33. The molecule has 6 heteroatoms. The molecule has 0 bridgehead atoms. The lowest BCUT2D eigenvalue weighted by Crippen LogP contribution is -2.41. The van der Waals surface area contributed by atoms with Crippen molar-refractivity contribution in [3.63, 3.8) is 0 Å². The van der Waals surface area contributed by atoms with Crippen molar-refractivity contribution in [2.24, 2.45) is 7.05 Å². The fourth-order valence-corrected chi connectivity index (χ4v) is 3.51. The van der Waals surface area contributed by atoms with Gasteiger partial charge >= 0.3 is 0 Å². The fraction of sp³-hybridized carbons (Fsp3) is 0.571. The number of aromatic nitrogens is 3. The molecule has 0 aromatic carbocycles. The number of hydrogen-bond acceptors (Lipinski definition) is 5. The third-order valence-electron chi connectivity index (χ3n) is 3.83. The molecular weight excluding hydrogens is 272 g/mol. The van der Waals surface area contributed by atoms with Gasteiger partial charge in [0.15, 0.2) is 0 Å².